The van der Waals surface area contributed by atoms with E-state index in [1.807, 2.05) is 0 Å². The van der Waals surface area contributed by atoms with Gasteiger partial charge in [-0.3, -0.25) is 0 Å². The third-order valence-electron chi connectivity index (χ3n) is 2.31. The van der Waals surface area contributed by atoms with Gasteiger partial charge >= 0.3 is 88.7 Å². The minimum atomic E-state index is -5.39. The van der Waals surface area contributed by atoms with Gasteiger partial charge in [0, 0.05) is 0 Å². The first-order valence-corrected chi connectivity index (χ1v) is 11.8. The van der Waals surface area contributed by atoms with Crippen molar-refractivity contribution in [2.45, 2.75) is 0 Å². The first-order valence-electron chi connectivity index (χ1n) is 8.88. The second-order valence-corrected chi connectivity index (χ2v) is 10.9. The molecule has 0 spiro atoms. The van der Waals surface area contributed by atoms with Crippen LogP contribution in [-0.4, -0.2) is 132 Å². The van der Waals surface area contributed by atoms with Crippen molar-refractivity contribution in [3.05, 3.63) is 0 Å². The number of quaternary nitrogens is 3. The van der Waals surface area contributed by atoms with Crippen LogP contribution in [0.5, 0.6) is 0 Å². The van der Waals surface area contributed by atoms with Crippen molar-refractivity contribution in [3.8, 4) is 0 Å². The van der Waals surface area contributed by atoms with Crippen LogP contribution in [0.1, 0.15) is 0 Å². The Morgan fingerprint density at radius 3 is 0.559 bits per heavy atom. The molecule has 196 valence electrons. The maximum absolute atomic E-state index is 8.55. The molecule has 0 unspecified atom stereocenters. The predicted octanol–water partition coefficient (Wildman–Crippen LogP) is -15.6. The molecule has 0 bridgehead atoms. The molecule has 0 radical (unpaired) electrons. The zero-order valence-corrected chi connectivity index (χ0v) is 30.9. The first kappa shape index (κ1) is 57.0. The number of hydrogen-bond acceptors (Lipinski definition) is 11. The van der Waals surface area contributed by atoms with E-state index in [0.29, 0.717) is 0 Å². The van der Waals surface area contributed by atoms with Crippen molar-refractivity contribution in [2.75, 3.05) is 103 Å². The van der Waals surface area contributed by atoms with Crippen LogP contribution in [0.25, 0.3) is 0 Å². The monoisotopic (exact) mass is 571 g/mol. The quantitative estimate of drug-likeness (QED) is 0.154. The summed E-state index contributed by atoms with van der Waals surface area (Å²) in [6.45, 7) is 3.34. The van der Waals surface area contributed by atoms with Crippen LogP contribution in [0.4, 0.5) is 0 Å². The third kappa shape index (κ3) is 180. The summed E-state index contributed by atoms with van der Waals surface area (Å²) in [7, 11) is 7.69. The normalized spacial score (nSPS) is 10.9. The van der Waals surface area contributed by atoms with E-state index in [2.05, 4.69) is 63.4 Å². The number of rotatable bonds is 6. The zero-order valence-electron chi connectivity index (χ0n) is 23.1. The molecular formula is C15H42N3Na3O11P2. The van der Waals surface area contributed by atoms with Crippen molar-refractivity contribution in [1.82, 2.24) is 0 Å². The fourth-order valence-electron chi connectivity index (χ4n) is 0.900. The van der Waals surface area contributed by atoms with Crippen molar-refractivity contribution in [2.24, 2.45) is 0 Å². The van der Waals surface area contributed by atoms with Gasteiger partial charge in [-0.2, -0.15) is 15.6 Å². The third-order valence-corrected chi connectivity index (χ3v) is 2.31. The average molecular weight is 571 g/mol. The van der Waals surface area contributed by atoms with Gasteiger partial charge in [-0.25, -0.2) is 0 Å². The Balaban J connectivity index is -0.0000000408. The number of hydrogen-bond donors (Lipinski definition) is 3. The summed E-state index contributed by atoms with van der Waals surface area (Å²) in [5.41, 5.74) is 0. The van der Waals surface area contributed by atoms with E-state index in [0.717, 1.165) is 33.1 Å². The Morgan fingerprint density at radius 1 is 0.471 bits per heavy atom. The Kier molecular flexibility index (Phi) is 48.6. The van der Waals surface area contributed by atoms with Gasteiger partial charge in [0.1, 0.15) is 19.6 Å². The van der Waals surface area contributed by atoms with Crippen molar-refractivity contribution < 1.29 is 156 Å². The Morgan fingerprint density at radius 2 is 0.559 bits per heavy atom. The molecule has 0 saturated heterocycles. The molecule has 0 rings (SSSR count). The molecule has 0 atom stereocenters. The van der Waals surface area contributed by atoms with E-state index in [-0.39, 0.29) is 108 Å². The van der Waals surface area contributed by atoms with E-state index < -0.39 is 15.6 Å². The van der Waals surface area contributed by atoms with Gasteiger partial charge in [-0.05, 0) is 0 Å². The molecule has 0 fully saturated rings. The summed E-state index contributed by atoms with van der Waals surface area (Å²) >= 11 is 0. The average Bonchev–Trinajstić information content (AvgIpc) is 2.30. The molecular weight excluding hydrogens is 529 g/mol. The van der Waals surface area contributed by atoms with Gasteiger partial charge in [0.25, 0.3) is 0 Å². The van der Waals surface area contributed by atoms with E-state index in [4.69, 9.17) is 53.8 Å². The maximum atomic E-state index is 8.55. The van der Waals surface area contributed by atoms with Gasteiger partial charge in [0.2, 0.25) is 0 Å². The van der Waals surface area contributed by atoms with Crippen LogP contribution < -0.4 is 118 Å². The zero-order chi connectivity index (χ0) is 26.7. The van der Waals surface area contributed by atoms with Crippen LogP contribution in [0.3, 0.4) is 0 Å². The summed E-state index contributed by atoms with van der Waals surface area (Å²) in [6.07, 6.45) is 0. The van der Waals surface area contributed by atoms with E-state index in [1.165, 1.54) is 0 Å². The molecule has 34 heavy (non-hydrogen) atoms. The SMILES string of the molecule is C[N+](C)(C)CCO.C[N+](C)(C)CCO.C[N+](C)(C)CCO.O=P([O-])([O-])[O-].O=P([O-])([O-])[O-].[Na+].[Na+].[Na+]. The van der Waals surface area contributed by atoms with Crippen LogP contribution in [0.2, 0.25) is 0 Å². The molecule has 0 aromatic heterocycles. The number of aliphatic hydroxyl groups is 3. The maximum Gasteiger partial charge on any atom is 1.00 e. The summed E-state index contributed by atoms with van der Waals surface area (Å²) in [4.78, 5) is 51.3. The molecule has 0 aromatic carbocycles. The standard InChI is InChI=1S/3C5H14NO.3Na.2H3O4P/c3*1-6(2,3)4-5-7;;;;2*1-5(2,3)4/h3*7H,4-5H2,1-3H3;;;;2*(H3,1,2,3,4)/q6*+1;;/p-6. The smallest absolute Gasteiger partial charge is 0.822 e. The van der Waals surface area contributed by atoms with E-state index >= 15 is 0 Å². The Labute approximate surface area is 271 Å². The Bertz CT molecular complexity index is 418. The summed E-state index contributed by atoms with van der Waals surface area (Å²) in [5, 5.41) is 25.2. The fourth-order valence-corrected chi connectivity index (χ4v) is 0.900. The summed E-state index contributed by atoms with van der Waals surface area (Å²) in [5.74, 6) is 0. The van der Waals surface area contributed by atoms with Crippen molar-refractivity contribution in [1.29, 1.82) is 0 Å². The first-order chi connectivity index (χ1) is 13.2. The molecule has 0 heterocycles. The molecule has 14 nitrogen and oxygen atoms in total. The molecule has 0 aliphatic carbocycles. The van der Waals surface area contributed by atoms with Gasteiger partial charge in [0.15, 0.2) is 0 Å². The van der Waals surface area contributed by atoms with Crippen molar-refractivity contribution in [3.63, 3.8) is 0 Å². The Hall–Kier alpha value is 2.98. The topological polar surface area (TPSA) is 233 Å². The number of aliphatic hydroxyl groups excluding tert-OH is 3. The summed E-state index contributed by atoms with van der Waals surface area (Å²) in [6, 6.07) is 0. The van der Waals surface area contributed by atoms with Crippen LogP contribution in [-0.2, 0) is 9.13 Å². The van der Waals surface area contributed by atoms with Crippen molar-refractivity contribution >= 4 is 15.6 Å². The molecule has 0 saturated carbocycles. The van der Waals surface area contributed by atoms with Gasteiger partial charge < -0.3 is 67.3 Å². The van der Waals surface area contributed by atoms with Gasteiger partial charge in [-0.15, -0.1) is 0 Å². The molecule has 0 aliphatic heterocycles. The van der Waals surface area contributed by atoms with Gasteiger partial charge in [-0.1, -0.05) is 0 Å². The summed E-state index contributed by atoms with van der Waals surface area (Å²) < 4.78 is 19.6. The van der Waals surface area contributed by atoms with Crippen LogP contribution in [0.15, 0.2) is 0 Å². The minimum absolute atomic E-state index is 0. The second-order valence-electron chi connectivity index (χ2n) is 9.11. The second kappa shape index (κ2) is 29.0. The van der Waals surface area contributed by atoms with E-state index in [9.17, 15) is 0 Å². The predicted molar refractivity (Wildman–Crippen MR) is 105 cm³/mol. The largest absolute Gasteiger partial charge is 1.00 e. The molecule has 0 amide bonds. The van der Waals surface area contributed by atoms with E-state index in [1.54, 1.807) is 0 Å². The fraction of sp³-hybridized carbons (Fsp3) is 1.00. The molecule has 19 heteroatoms. The molecule has 3 N–H and O–H groups in total. The number of likely N-dealkylation sites (N-methyl/N-ethyl adjacent to an activating group) is 3. The molecule has 0 aromatic rings. The van der Waals surface area contributed by atoms with Gasteiger partial charge in [0.05, 0.1) is 83.2 Å². The van der Waals surface area contributed by atoms with Crippen LogP contribution in [0, 0.1) is 0 Å². The molecule has 0 aliphatic rings. The van der Waals surface area contributed by atoms with Crippen LogP contribution >= 0.6 is 15.6 Å². The number of nitrogens with zero attached hydrogens (tertiary/aromatic N) is 3. The minimum Gasteiger partial charge on any atom is -0.822 e. The number of phosphoric acid groups is 2.